The summed E-state index contributed by atoms with van der Waals surface area (Å²) in [6.07, 6.45) is -4.60. The maximum Gasteiger partial charge on any atom is 0.431 e. The Morgan fingerprint density at radius 2 is 1.63 bits per heavy atom. The zero-order valence-corrected chi connectivity index (χ0v) is 10.7. The fraction of sp³-hybridized carbons (Fsp3) is 0.0833. The lowest BCUT2D eigenvalue weighted by atomic mass is 10.1. The number of nitrogens with one attached hydrogen (secondary N) is 1. The molecule has 1 N–H and O–H groups in total. The molecule has 0 bridgehead atoms. The van der Waals surface area contributed by atoms with Crippen molar-refractivity contribution in [2.75, 3.05) is 0 Å². The number of H-pyrrole nitrogens is 1. The minimum Gasteiger partial charge on any atom is -0.318 e. The number of hydrogen-bond acceptors (Lipinski definition) is 1. The number of alkyl halides is 3. The molecule has 1 aromatic carbocycles. The first kappa shape index (κ1) is 14.0. The van der Waals surface area contributed by atoms with Gasteiger partial charge >= 0.3 is 6.18 Å². The van der Waals surface area contributed by atoms with E-state index in [9.17, 15) is 18.0 Å². The Balaban J connectivity index is 2.56. The van der Waals surface area contributed by atoms with Crippen LogP contribution in [0.25, 0.3) is 11.1 Å². The molecule has 0 saturated heterocycles. The Morgan fingerprint density at radius 1 is 1.00 bits per heavy atom. The van der Waals surface area contributed by atoms with Gasteiger partial charge < -0.3 is 4.98 Å². The Labute approximate surface area is 115 Å². The molecular formula is C12H6Cl2F3NO. The minimum atomic E-state index is -4.60. The molecule has 2 nitrogen and oxygen atoms in total. The maximum absolute atomic E-state index is 12.4. The lowest BCUT2D eigenvalue weighted by Gasteiger charge is -2.08. The number of aromatic nitrogens is 1. The van der Waals surface area contributed by atoms with E-state index in [1.165, 1.54) is 18.2 Å². The van der Waals surface area contributed by atoms with Crippen molar-refractivity contribution in [1.82, 2.24) is 4.98 Å². The van der Waals surface area contributed by atoms with Crippen LogP contribution in [-0.2, 0) is 6.18 Å². The van der Waals surface area contributed by atoms with Crippen molar-refractivity contribution in [2.24, 2.45) is 0 Å². The van der Waals surface area contributed by atoms with E-state index in [-0.39, 0.29) is 10.6 Å². The number of pyridine rings is 1. The topological polar surface area (TPSA) is 32.9 Å². The highest BCUT2D eigenvalue weighted by Gasteiger charge is 2.32. The summed E-state index contributed by atoms with van der Waals surface area (Å²) < 4.78 is 37.3. The van der Waals surface area contributed by atoms with E-state index >= 15 is 0 Å². The molecule has 100 valence electrons. The van der Waals surface area contributed by atoms with Crippen LogP contribution in [0.1, 0.15) is 5.69 Å². The highest BCUT2D eigenvalue weighted by atomic mass is 35.5. The van der Waals surface area contributed by atoms with Crippen molar-refractivity contribution in [1.29, 1.82) is 0 Å². The summed E-state index contributed by atoms with van der Waals surface area (Å²) in [5, 5.41) is 0.565. The van der Waals surface area contributed by atoms with Gasteiger partial charge in [0, 0.05) is 16.1 Å². The monoisotopic (exact) mass is 307 g/mol. The second-order valence-electron chi connectivity index (χ2n) is 3.74. The van der Waals surface area contributed by atoms with Gasteiger partial charge in [-0.1, -0.05) is 29.3 Å². The molecule has 0 saturated carbocycles. The first-order chi connectivity index (χ1) is 8.79. The van der Waals surface area contributed by atoms with E-state index in [1.54, 1.807) is 4.98 Å². The molecule has 0 radical (unpaired) electrons. The van der Waals surface area contributed by atoms with E-state index in [2.05, 4.69) is 0 Å². The van der Waals surface area contributed by atoms with E-state index in [1.807, 2.05) is 0 Å². The Bertz CT molecular complexity index is 679. The molecule has 0 amide bonds. The quantitative estimate of drug-likeness (QED) is 0.834. The van der Waals surface area contributed by atoms with Crippen molar-refractivity contribution < 1.29 is 13.2 Å². The predicted molar refractivity (Wildman–Crippen MR) is 67.5 cm³/mol. The standard InChI is InChI=1S/C12H6Cl2F3NO/c13-6-1-2-7(9(14)5-6)8-3-4-10(12(15,16)17)18-11(8)19/h1-5H,(H,18,19). The first-order valence-corrected chi connectivity index (χ1v) is 5.80. The number of hydrogen-bond donors (Lipinski definition) is 1. The first-order valence-electron chi connectivity index (χ1n) is 5.05. The van der Waals surface area contributed by atoms with E-state index in [0.29, 0.717) is 10.6 Å². The van der Waals surface area contributed by atoms with Gasteiger partial charge in [-0.05, 0) is 24.3 Å². The molecule has 19 heavy (non-hydrogen) atoms. The molecule has 0 spiro atoms. The smallest absolute Gasteiger partial charge is 0.318 e. The van der Waals surface area contributed by atoms with Crippen LogP contribution in [0.4, 0.5) is 13.2 Å². The Hall–Kier alpha value is -1.46. The molecular weight excluding hydrogens is 302 g/mol. The average molecular weight is 308 g/mol. The molecule has 7 heteroatoms. The van der Waals surface area contributed by atoms with Gasteiger partial charge in [0.05, 0.1) is 5.02 Å². The molecule has 0 atom stereocenters. The van der Waals surface area contributed by atoms with Crippen LogP contribution in [-0.4, -0.2) is 4.98 Å². The van der Waals surface area contributed by atoms with Crippen molar-refractivity contribution >= 4 is 23.2 Å². The maximum atomic E-state index is 12.4. The van der Waals surface area contributed by atoms with E-state index in [4.69, 9.17) is 23.2 Å². The lowest BCUT2D eigenvalue weighted by molar-refractivity contribution is -0.141. The zero-order valence-electron chi connectivity index (χ0n) is 9.18. The second kappa shape index (κ2) is 4.90. The third-order valence-corrected chi connectivity index (χ3v) is 2.98. The molecule has 0 aliphatic rings. The summed E-state index contributed by atoms with van der Waals surface area (Å²) in [4.78, 5) is 13.5. The largest absolute Gasteiger partial charge is 0.431 e. The van der Waals surface area contributed by atoms with Crippen LogP contribution in [0.3, 0.4) is 0 Å². The van der Waals surface area contributed by atoms with Gasteiger partial charge in [0.2, 0.25) is 0 Å². The van der Waals surface area contributed by atoms with Gasteiger partial charge in [0.1, 0.15) is 5.69 Å². The van der Waals surface area contributed by atoms with E-state index in [0.717, 1.165) is 12.1 Å². The van der Waals surface area contributed by atoms with Gasteiger partial charge in [-0.2, -0.15) is 13.2 Å². The summed E-state index contributed by atoms with van der Waals surface area (Å²) in [5.41, 5.74) is -1.60. The van der Waals surface area contributed by atoms with E-state index < -0.39 is 17.4 Å². The van der Waals surface area contributed by atoms with Crippen LogP contribution in [0.5, 0.6) is 0 Å². The van der Waals surface area contributed by atoms with Gasteiger partial charge in [-0.3, -0.25) is 4.79 Å². The molecule has 0 aliphatic heterocycles. The average Bonchev–Trinajstić information content (AvgIpc) is 2.28. The fourth-order valence-corrected chi connectivity index (χ4v) is 2.07. The van der Waals surface area contributed by atoms with Crippen LogP contribution >= 0.6 is 23.2 Å². The van der Waals surface area contributed by atoms with Gasteiger partial charge in [-0.15, -0.1) is 0 Å². The third-order valence-electron chi connectivity index (χ3n) is 2.44. The summed E-state index contributed by atoms with van der Waals surface area (Å²) >= 11 is 11.6. The number of halogens is 5. The van der Waals surface area contributed by atoms with Gasteiger partial charge in [-0.25, -0.2) is 0 Å². The number of aromatic amines is 1. The number of benzene rings is 1. The summed E-state index contributed by atoms with van der Waals surface area (Å²) in [7, 11) is 0. The number of rotatable bonds is 1. The molecule has 0 unspecified atom stereocenters. The normalized spacial score (nSPS) is 11.6. The highest BCUT2D eigenvalue weighted by molar-refractivity contribution is 6.36. The molecule has 2 aromatic rings. The summed E-state index contributed by atoms with van der Waals surface area (Å²) in [6.45, 7) is 0. The van der Waals surface area contributed by atoms with Crippen molar-refractivity contribution in [2.45, 2.75) is 6.18 Å². The van der Waals surface area contributed by atoms with Crippen LogP contribution in [0.15, 0.2) is 35.1 Å². The van der Waals surface area contributed by atoms with Crippen LogP contribution < -0.4 is 5.56 Å². The van der Waals surface area contributed by atoms with Crippen LogP contribution in [0, 0.1) is 0 Å². The van der Waals surface area contributed by atoms with Crippen LogP contribution in [0.2, 0.25) is 10.0 Å². The fourth-order valence-electron chi connectivity index (χ4n) is 1.56. The summed E-state index contributed by atoms with van der Waals surface area (Å²) in [6, 6.07) is 6.26. The minimum absolute atomic E-state index is 0.0506. The Kier molecular flexibility index (Phi) is 3.60. The zero-order chi connectivity index (χ0) is 14.2. The molecule has 1 heterocycles. The highest BCUT2D eigenvalue weighted by Crippen LogP contribution is 2.30. The third kappa shape index (κ3) is 2.93. The molecule has 2 rings (SSSR count). The van der Waals surface area contributed by atoms with Crippen molar-refractivity contribution in [3.05, 3.63) is 56.4 Å². The lowest BCUT2D eigenvalue weighted by Crippen LogP contribution is -2.17. The Morgan fingerprint density at radius 3 is 2.16 bits per heavy atom. The SMILES string of the molecule is O=c1[nH]c(C(F)(F)F)ccc1-c1ccc(Cl)cc1Cl. The molecule has 0 fully saturated rings. The molecule has 0 aliphatic carbocycles. The predicted octanol–water partition coefficient (Wildman–Crippen LogP) is 4.37. The summed E-state index contributed by atoms with van der Waals surface area (Å²) in [5.74, 6) is 0. The van der Waals surface area contributed by atoms with Gasteiger partial charge in [0.15, 0.2) is 0 Å². The van der Waals surface area contributed by atoms with Gasteiger partial charge in [0.25, 0.3) is 5.56 Å². The van der Waals surface area contributed by atoms with Crippen molar-refractivity contribution in [3.63, 3.8) is 0 Å². The van der Waals surface area contributed by atoms with Crippen molar-refractivity contribution in [3.8, 4) is 11.1 Å². The second-order valence-corrected chi connectivity index (χ2v) is 4.58. The molecule has 1 aromatic heterocycles.